The van der Waals surface area contributed by atoms with Crippen LogP contribution < -0.4 is 10.5 Å². The number of rotatable bonds is 3. The molecule has 1 aromatic rings. The van der Waals surface area contributed by atoms with E-state index in [-0.39, 0.29) is 22.8 Å². The zero-order valence-corrected chi connectivity index (χ0v) is 7.85. The summed E-state index contributed by atoms with van der Waals surface area (Å²) in [6.45, 7) is 0. The van der Waals surface area contributed by atoms with Crippen molar-refractivity contribution in [3.05, 3.63) is 12.1 Å². The van der Waals surface area contributed by atoms with Crippen LogP contribution in [0.2, 0.25) is 0 Å². The number of hydrogen-bond acceptors (Lipinski definition) is 6. The predicted molar refractivity (Wildman–Crippen MR) is 53.0 cm³/mol. The van der Waals surface area contributed by atoms with Crippen LogP contribution in [0.5, 0.6) is 5.75 Å². The van der Waals surface area contributed by atoms with Gasteiger partial charge in [-0.25, -0.2) is 9.59 Å². The van der Waals surface area contributed by atoms with Crippen LogP contribution in [-0.4, -0.2) is 19.3 Å². The van der Waals surface area contributed by atoms with Crippen molar-refractivity contribution in [1.82, 2.24) is 0 Å². The second kappa shape index (κ2) is 4.72. The molecule has 0 spiro atoms. The molecule has 0 atom stereocenters. The van der Waals surface area contributed by atoms with Gasteiger partial charge in [0.2, 0.25) is 12.2 Å². The number of hydrogen-bond donors (Lipinski definition) is 1. The number of aliphatic imine (C=N–C) groups is 2. The molecule has 0 aliphatic rings. The van der Waals surface area contributed by atoms with Gasteiger partial charge in [0.15, 0.2) is 0 Å². The van der Waals surface area contributed by atoms with Gasteiger partial charge >= 0.3 is 0 Å². The number of ether oxygens (including phenoxy) is 1. The second-order valence-corrected chi connectivity index (χ2v) is 2.46. The van der Waals surface area contributed by atoms with Gasteiger partial charge in [0, 0.05) is 0 Å². The zero-order chi connectivity index (χ0) is 11.3. The van der Waals surface area contributed by atoms with Crippen LogP contribution in [0.3, 0.4) is 0 Å². The summed E-state index contributed by atoms with van der Waals surface area (Å²) in [6.07, 6.45) is 2.66. The molecule has 1 rings (SSSR count). The van der Waals surface area contributed by atoms with Crippen LogP contribution >= 0.6 is 0 Å². The predicted octanol–water partition coefficient (Wildman–Crippen LogP) is 1.21. The number of nitrogens with zero attached hydrogens (tertiary/aromatic N) is 2. The fraction of sp³-hybridized carbons (Fsp3) is 0.111. The molecule has 0 aromatic heterocycles. The van der Waals surface area contributed by atoms with Crippen molar-refractivity contribution < 1.29 is 14.3 Å². The molecule has 0 radical (unpaired) electrons. The van der Waals surface area contributed by atoms with Gasteiger partial charge in [-0.05, 0) is 12.1 Å². The van der Waals surface area contributed by atoms with Crippen LogP contribution in [0.1, 0.15) is 0 Å². The molecule has 2 N–H and O–H groups in total. The molecule has 0 amide bonds. The summed E-state index contributed by atoms with van der Waals surface area (Å²) in [7, 11) is 1.39. The smallest absolute Gasteiger partial charge is 0.240 e. The minimum Gasteiger partial charge on any atom is -0.494 e. The summed E-state index contributed by atoms with van der Waals surface area (Å²) in [5.74, 6) is 0.279. The first-order valence-electron chi connectivity index (χ1n) is 3.86. The molecule has 0 unspecified atom stereocenters. The number of anilines is 1. The maximum absolute atomic E-state index is 10.2. The zero-order valence-electron chi connectivity index (χ0n) is 7.85. The summed E-state index contributed by atoms with van der Waals surface area (Å²) in [5.41, 5.74) is 5.86. The Labute approximate surface area is 85.1 Å². The molecule has 0 heterocycles. The van der Waals surface area contributed by atoms with E-state index in [1.54, 1.807) is 0 Å². The molecular formula is C9H7N3O3. The SMILES string of the molecule is COc1ccc(N)c(N=C=O)c1N=C=O. The number of nitrogens with two attached hydrogens (primary N) is 1. The fourth-order valence-corrected chi connectivity index (χ4v) is 1.06. The van der Waals surface area contributed by atoms with Gasteiger partial charge in [0.05, 0.1) is 12.8 Å². The molecule has 0 saturated carbocycles. The minimum atomic E-state index is 0.0488. The molecule has 0 fully saturated rings. The Morgan fingerprint density at radius 3 is 2.33 bits per heavy atom. The van der Waals surface area contributed by atoms with E-state index in [4.69, 9.17) is 10.5 Å². The molecule has 0 saturated heterocycles. The van der Waals surface area contributed by atoms with E-state index >= 15 is 0 Å². The van der Waals surface area contributed by atoms with Crippen molar-refractivity contribution in [1.29, 1.82) is 0 Å². The molecule has 76 valence electrons. The van der Waals surface area contributed by atoms with Crippen LogP contribution in [-0.2, 0) is 9.59 Å². The van der Waals surface area contributed by atoms with Crippen LogP contribution in [0, 0.1) is 0 Å². The van der Waals surface area contributed by atoms with Crippen molar-refractivity contribution in [3.8, 4) is 5.75 Å². The van der Waals surface area contributed by atoms with Crippen molar-refractivity contribution in [2.24, 2.45) is 9.98 Å². The van der Waals surface area contributed by atoms with E-state index in [1.165, 1.54) is 31.4 Å². The molecule has 6 nitrogen and oxygen atoms in total. The lowest BCUT2D eigenvalue weighted by Gasteiger charge is -2.06. The second-order valence-electron chi connectivity index (χ2n) is 2.46. The number of benzene rings is 1. The highest BCUT2D eigenvalue weighted by Gasteiger charge is 2.11. The molecule has 0 aliphatic carbocycles. The van der Waals surface area contributed by atoms with E-state index in [2.05, 4.69) is 9.98 Å². The van der Waals surface area contributed by atoms with Gasteiger partial charge in [0.1, 0.15) is 17.1 Å². The summed E-state index contributed by atoms with van der Waals surface area (Å²) >= 11 is 0. The highest BCUT2D eigenvalue weighted by molar-refractivity contribution is 5.83. The third kappa shape index (κ3) is 2.08. The Morgan fingerprint density at radius 1 is 1.20 bits per heavy atom. The first kappa shape index (κ1) is 10.7. The Morgan fingerprint density at radius 2 is 1.80 bits per heavy atom. The number of methoxy groups -OCH3 is 1. The Balaban J connectivity index is 3.56. The molecule has 0 aliphatic heterocycles. The van der Waals surface area contributed by atoms with E-state index in [1.807, 2.05) is 0 Å². The summed E-state index contributed by atoms with van der Waals surface area (Å²) in [6, 6.07) is 2.99. The van der Waals surface area contributed by atoms with Crippen LogP contribution in [0.4, 0.5) is 17.1 Å². The van der Waals surface area contributed by atoms with Gasteiger partial charge in [0.25, 0.3) is 0 Å². The molecule has 0 bridgehead atoms. The van der Waals surface area contributed by atoms with Gasteiger partial charge in [-0.3, -0.25) is 0 Å². The number of isocyanates is 2. The van der Waals surface area contributed by atoms with E-state index in [9.17, 15) is 9.59 Å². The largest absolute Gasteiger partial charge is 0.494 e. The fourth-order valence-electron chi connectivity index (χ4n) is 1.06. The van der Waals surface area contributed by atoms with Gasteiger partial charge in [-0.15, -0.1) is 0 Å². The number of nitrogen functional groups attached to an aromatic ring is 1. The van der Waals surface area contributed by atoms with Crippen LogP contribution in [0.25, 0.3) is 0 Å². The van der Waals surface area contributed by atoms with E-state index < -0.39 is 0 Å². The molecule has 1 aromatic carbocycles. The third-order valence-corrected chi connectivity index (χ3v) is 1.68. The highest BCUT2D eigenvalue weighted by atomic mass is 16.5. The quantitative estimate of drug-likeness (QED) is 0.455. The summed E-state index contributed by atoms with van der Waals surface area (Å²) in [5, 5.41) is 0. The Kier molecular flexibility index (Phi) is 3.35. The molecular weight excluding hydrogens is 198 g/mol. The minimum absolute atomic E-state index is 0.0488. The highest BCUT2D eigenvalue weighted by Crippen LogP contribution is 2.41. The van der Waals surface area contributed by atoms with Crippen molar-refractivity contribution in [2.75, 3.05) is 12.8 Å². The lowest BCUT2D eigenvalue weighted by atomic mass is 10.2. The van der Waals surface area contributed by atoms with Gasteiger partial charge in [-0.1, -0.05) is 0 Å². The standard InChI is InChI=1S/C9H7N3O3/c1-15-7-3-2-6(10)8(11-4-13)9(7)12-5-14/h2-3H,10H2,1H3. The van der Waals surface area contributed by atoms with Crippen molar-refractivity contribution in [2.45, 2.75) is 0 Å². The maximum Gasteiger partial charge on any atom is 0.240 e. The van der Waals surface area contributed by atoms with Crippen molar-refractivity contribution in [3.63, 3.8) is 0 Å². The summed E-state index contributed by atoms with van der Waals surface area (Å²) in [4.78, 5) is 27.1. The van der Waals surface area contributed by atoms with Crippen molar-refractivity contribution >= 4 is 29.2 Å². The number of carbonyl (C=O) groups excluding carboxylic acids is 2. The maximum atomic E-state index is 10.2. The summed E-state index contributed by atoms with van der Waals surface area (Å²) < 4.78 is 4.92. The average Bonchev–Trinajstić information content (AvgIpc) is 2.24. The first-order valence-corrected chi connectivity index (χ1v) is 3.86. The van der Waals surface area contributed by atoms with E-state index in [0.29, 0.717) is 0 Å². The normalized spacial score (nSPS) is 8.60. The third-order valence-electron chi connectivity index (χ3n) is 1.68. The van der Waals surface area contributed by atoms with Crippen LogP contribution in [0.15, 0.2) is 22.1 Å². The average molecular weight is 205 g/mol. The van der Waals surface area contributed by atoms with Gasteiger partial charge in [-0.2, -0.15) is 9.98 Å². The first-order chi connectivity index (χ1) is 7.24. The monoisotopic (exact) mass is 205 g/mol. The molecule has 15 heavy (non-hydrogen) atoms. The van der Waals surface area contributed by atoms with Gasteiger partial charge < -0.3 is 10.5 Å². The lowest BCUT2D eigenvalue weighted by molar-refractivity contribution is 0.416. The van der Waals surface area contributed by atoms with E-state index in [0.717, 1.165) is 0 Å². The Bertz CT molecular complexity index is 472. The molecule has 6 heteroatoms. The topological polar surface area (TPSA) is 94.1 Å². The lowest BCUT2D eigenvalue weighted by Crippen LogP contribution is -1.89. The Hall–Kier alpha value is -2.42.